The molecule has 1 atom stereocenters. The molecule has 0 fully saturated rings. The van der Waals surface area contributed by atoms with Gasteiger partial charge < -0.3 is 15.0 Å². The molecule has 102 valence electrons. The summed E-state index contributed by atoms with van der Waals surface area (Å²) in [4.78, 5) is 4.24. The van der Waals surface area contributed by atoms with Crippen molar-refractivity contribution in [2.45, 2.75) is 19.1 Å². The predicted molar refractivity (Wildman–Crippen MR) is 75.0 cm³/mol. The molecule has 19 heavy (non-hydrogen) atoms. The van der Waals surface area contributed by atoms with Crippen molar-refractivity contribution in [2.24, 2.45) is 5.73 Å². The number of nitrogens with two attached hydrogens (primary N) is 1. The Balaban J connectivity index is 1.87. The average molecular weight is 279 g/mol. The van der Waals surface area contributed by atoms with E-state index in [0.29, 0.717) is 11.7 Å². The van der Waals surface area contributed by atoms with E-state index in [0.717, 1.165) is 17.9 Å². The van der Waals surface area contributed by atoms with Gasteiger partial charge in [0.1, 0.15) is 5.75 Å². The molecular weight excluding hydrogens is 262 g/mol. The van der Waals surface area contributed by atoms with Crippen LogP contribution < -0.4 is 10.5 Å². The van der Waals surface area contributed by atoms with Crippen LogP contribution in [-0.2, 0) is 6.61 Å². The molecule has 0 unspecified atom stereocenters. The highest BCUT2D eigenvalue weighted by Gasteiger charge is 2.14. The molecular formula is C13H17N3O2S. The number of nitrogens with zero attached hydrogens (tertiary/aromatic N) is 2. The van der Waals surface area contributed by atoms with Gasteiger partial charge in [0, 0.05) is 0 Å². The van der Waals surface area contributed by atoms with Gasteiger partial charge in [-0.15, -0.1) is 0 Å². The molecule has 0 spiro atoms. The Bertz CT molecular complexity index is 490. The molecule has 2 aromatic rings. The molecule has 1 heterocycles. The van der Waals surface area contributed by atoms with Crippen molar-refractivity contribution >= 4 is 11.8 Å². The van der Waals surface area contributed by atoms with Crippen LogP contribution in [0.25, 0.3) is 0 Å². The monoisotopic (exact) mass is 279 g/mol. The zero-order valence-electron chi connectivity index (χ0n) is 10.8. The summed E-state index contributed by atoms with van der Waals surface area (Å²) in [6, 6.07) is 9.32. The average Bonchev–Trinajstić information content (AvgIpc) is 2.92. The third-order valence-electron chi connectivity index (χ3n) is 2.55. The molecule has 0 radical (unpaired) electrons. The van der Waals surface area contributed by atoms with E-state index in [-0.39, 0.29) is 12.6 Å². The zero-order chi connectivity index (χ0) is 13.5. The van der Waals surface area contributed by atoms with Crippen molar-refractivity contribution in [2.75, 3.05) is 12.0 Å². The summed E-state index contributed by atoms with van der Waals surface area (Å²) in [7, 11) is 0. The van der Waals surface area contributed by atoms with Gasteiger partial charge in [-0.2, -0.15) is 16.7 Å². The van der Waals surface area contributed by atoms with E-state index in [9.17, 15) is 0 Å². The zero-order valence-corrected chi connectivity index (χ0v) is 11.6. The fourth-order valence-corrected chi connectivity index (χ4v) is 2.00. The van der Waals surface area contributed by atoms with Crippen LogP contribution in [0.5, 0.6) is 5.75 Å². The number of aromatic nitrogens is 2. The van der Waals surface area contributed by atoms with Crippen LogP contribution in [0.15, 0.2) is 34.9 Å². The van der Waals surface area contributed by atoms with E-state index in [1.54, 1.807) is 11.8 Å². The molecule has 5 nitrogen and oxygen atoms in total. The number of ether oxygens (including phenoxy) is 1. The van der Waals surface area contributed by atoms with Crippen molar-refractivity contribution in [3.05, 3.63) is 42.0 Å². The molecule has 0 bridgehead atoms. The molecule has 0 saturated carbocycles. The second kappa shape index (κ2) is 7.16. The van der Waals surface area contributed by atoms with Crippen molar-refractivity contribution in [3.63, 3.8) is 0 Å². The van der Waals surface area contributed by atoms with Gasteiger partial charge in [0.2, 0.25) is 11.7 Å². The van der Waals surface area contributed by atoms with E-state index in [4.69, 9.17) is 15.0 Å². The molecule has 2 rings (SSSR count). The lowest BCUT2D eigenvalue weighted by atomic mass is 10.2. The number of rotatable bonds is 7. The van der Waals surface area contributed by atoms with Gasteiger partial charge >= 0.3 is 0 Å². The number of benzene rings is 1. The lowest BCUT2D eigenvalue weighted by Gasteiger charge is -2.04. The Labute approximate surface area is 116 Å². The largest absolute Gasteiger partial charge is 0.485 e. The number of hydrogen-bond donors (Lipinski definition) is 1. The quantitative estimate of drug-likeness (QED) is 0.839. The fraction of sp³-hybridized carbons (Fsp3) is 0.385. The minimum Gasteiger partial charge on any atom is -0.485 e. The van der Waals surface area contributed by atoms with Crippen LogP contribution in [0.2, 0.25) is 0 Å². The summed E-state index contributed by atoms with van der Waals surface area (Å²) in [6.45, 7) is 0.281. The van der Waals surface area contributed by atoms with Crippen molar-refractivity contribution in [3.8, 4) is 5.75 Å². The molecule has 0 saturated heterocycles. The molecule has 0 aliphatic rings. The Morgan fingerprint density at radius 1 is 1.37 bits per heavy atom. The van der Waals surface area contributed by atoms with Crippen LogP contribution in [-0.4, -0.2) is 22.1 Å². The second-order valence-electron chi connectivity index (χ2n) is 4.04. The summed E-state index contributed by atoms with van der Waals surface area (Å²) in [5, 5.41) is 3.86. The van der Waals surface area contributed by atoms with E-state index in [1.165, 1.54) is 0 Å². The number of hydrogen-bond acceptors (Lipinski definition) is 6. The Kier molecular flexibility index (Phi) is 5.23. The van der Waals surface area contributed by atoms with Crippen molar-refractivity contribution < 1.29 is 9.26 Å². The van der Waals surface area contributed by atoms with Crippen LogP contribution in [0.1, 0.15) is 24.2 Å². The lowest BCUT2D eigenvalue weighted by Crippen LogP contribution is -2.11. The van der Waals surface area contributed by atoms with Crippen LogP contribution in [0.4, 0.5) is 0 Å². The number of thioether (sulfide) groups is 1. The summed E-state index contributed by atoms with van der Waals surface area (Å²) < 4.78 is 10.7. The first-order valence-corrected chi connectivity index (χ1v) is 7.44. The fourth-order valence-electron chi connectivity index (χ4n) is 1.51. The Hall–Kier alpha value is -1.53. The molecule has 2 N–H and O–H groups in total. The molecule has 6 heteroatoms. The van der Waals surface area contributed by atoms with Gasteiger partial charge in [-0.25, -0.2) is 0 Å². The third-order valence-corrected chi connectivity index (χ3v) is 3.19. The molecule has 0 aliphatic carbocycles. The van der Waals surface area contributed by atoms with Crippen LogP contribution in [0, 0.1) is 0 Å². The lowest BCUT2D eigenvalue weighted by molar-refractivity contribution is 0.283. The maximum atomic E-state index is 5.95. The summed E-state index contributed by atoms with van der Waals surface area (Å²) in [5.74, 6) is 2.74. The standard InChI is InChI=1S/C13H17N3O2S/c1-19-8-7-11(14)13-15-12(16-18-13)9-17-10-5-3-2-4-6-10/h2-6,11H,7-9,14H2,1H3/t11-/m1/s1. The van der Waals surface area contributed by atoms with E-state index < -0.39 is 0 Å². The normalized spacial score (nSPS) is 12.3. The highest BCUT2D eigenvalue weighted by molar-refractivity contribution is 7.98. The van der Waals surface area contributed by atoms with Gasteiger partial charge in [-0.1, -0.05) is 23.4 Å². The minimum atomic E-state index is -0.203. The van der Waals surface area contributed by atoms with Gasteiger partial charge in [0.05, 0.1) is 6.04 Å². The van der Waals surface area contributed by atoms with Crippen LogP contribution in [0.3, 0.4) is 0 Å². The maximum absolute atomic E-state index is 5.95. The first-order valence-electron chi connectivity index (χ1n) is 6.04. The van der Waals surface area contributed by atoms with Crippen molar-refractivity contribution in [1.29, 1.82) is 0 Å². The smallest absolute Gasteiger partial charge is 0.243 e. The minimum absolute atomic E-state index is 0.203. The van der Waals surface area contributed by atoms with E-state index >= 15 is 0 Å². The number of para-hydroxylation sites is 1. The first-order chi connectivity index (χ1) is 9.29. The maximum Gasteiger partial charge on any atom is 0.243 e. The third kappa shape index (κ3) is 4.25. The van der Waals surface area contributed by atoms with Gasteiger partial charge in [0.25, 0.3) is 0 Å². The topological polar surface area (TPSA) is 74.2 Å². The summed E-state index contributed by atoms with van der Waals surface area (Å²) in [6.07, 6.45) is 2.86. The first kappa shape index (κ1) is 13.9. The molecule has 0 aliphatic heterocycles. The molecule has 1 aromatic heterocycles. The highest BCUT2D eigenvalue weighted by atomic mass is 32.2. The highest BCUT2D eigenvalue weighted by Crippen LogP contribution is 2.15. The Morgan fingerprint density at radius 3 is 2.89 bits per heavy atom. The summed E-state index contributed by atoms with van der Waals surface area (Å²) >= 11 is 1.74. The SMILES string of the molecule is CSCC[C@@H](N)c1nc(COc2ccccc2)no1. The molecule has 0 amide bonds. The Morgan fingerprint density at radius 2 is 2.16 bits per heavy atom. The predicted octanol–water partition coefficient (Wildman–Crippen LogP) is 2.40. The second-order valence-corrected chi connectivity index (χ2v) is 5.02. The molecule has 1 aromatic carbocycles. The summed E-state index contributed by atoms with van der Waals surface area (Å²) in [5.41, 5.74) is 5.95. The van der Waals surface area contributed by atoms with Gasteiger partial charge in [-0.05, 0) is 30.6 Å². The van der Waals surface area contributed by atoms with Crippen molar-refractivity contribution in [1.82, 2.24) is 10.1 Å². The van der Waals surface area contributed by atoms with Gasteiger partial charge in [-0.3, -0.25) is 0 Å². The van der Waals surface area contributed by atoms with Gasteiger partial charge in [0.15, 0.2) is 6.61 Å². The van der Waals surface area contributed by atoms with E-state index in [2.05, 4.69) is 10.1 Å². The van der Waals surface area contributed by atoms with Crippen LogP contribution >= 0.6 is 11.8 Å². The van der Waals surface area contributed by atoms with E-state index in [1.807, 2.05) is 36.6 Å².